The fraction of sp³-hybridized carbons (Fsp3) is 0.333. The van der Waals surface area contributed by atoms with Crippen LogP contribution in [-0.4, -0.2) is 61.8 Å². The maximum Gasteiger partial charge on any atom is 0.252 e. The summed E-state index contributed by atoms with van der Waals surface area (Å²) in [7, 11) is 0. The van der Waals surface area contributed by atoms with Gasteiger partial charge < -0.3 is 9.47 Å². The Morgan fingerprint density at radius 3 is 2.81 bits per heavy atom. The minimum atomic E-state index is -0.0683. The number of rotatable bonds is 8. The highest BCUT2D eigenvalue weighted by atomic mass is 32.1. The third-order valence-electron chi connectivity index (χ3n) is 5.12. The number of ether oxygens (including phenoxy) is 2. The molecule has 1 aliphatic heterocycles. The number of fused-ring (bicyclic) bond motifs is 1. The summed E-state index contributed by atoms with van der Waals surface area (Å²) >= 11 is 1.52. The van der Waals surface area contributed by atoms with Crippen LogP contribution >= 0.6 is 11.3 Å². The number of thiazole rings is 1. The molecule has 2 aromatic carbocycles. The van der Waals surface area contributed by atoms with Crippen molar-refractivity contribution in [1.29, 1.82) is 0 Å². The van der Waals surface area contributed by atoms with Crippen LogP contribution < -0.4 is 9.64 Å². The zero-order valence-electron chi connectivity index (χ0n) is 17.7. The zero-order valence-corrected chi connectivity index (χ0v) is 18.5. The number of aromatic nitrogens is 1. The van der Waals surface area contributed by atoms with E-state index in [1.54, 1.807) is 11.0 Å². The lowest BCUT2D eigenvalue weighted by Gasteiger charge is -2.28. The van der Waals surface area contributed by atoms with E-state index in [1.807, 2.05) is 61.5 Å². The lowest BCUT2D eigenvalue weighted by Crippen LogP contribution is -2.42. The number of anilines is 1. The highest BCUT2D eigenvalue weighted by Crippen LogP contribution is 2.31. The molecule has 1 aliphatic rings. The lowest BCUT2D eigenvalue weighted by molar-refractivity contribution is -0.114. The first-order valence-corrected chi connectivity index (χ1v) is 11.4. The maximum absolute atomic E-state index is 13.2. The molecule has 1 amide bonds. The molecular formula is C24H27N3O3S. The quantitative estimate of drug-likeness (QED) is 0.497. The predicted octanol–water partition coefficient (Wildman–Crippen LogP) is 4.07. The van der Waals surface area contributed by atoms with Crippen molar-refractivity contribution in [3.63, 3.8) is 0 Å². The summed E-state index contributed by atoms with van der Waals surface area (Å²) in [5, 5.41) is 0.708. The number of hydrogen-bond donors (Lipinski definition) is 0. The van der Waals surface area contributed by atoms with Crippen LogP contribution in [0.3, 0.4) is 0 Å². The second-order valence-corrected chi connectivity index (χ2v) is 8.26. The number of carbonyl (C=O) groups is 1. The topological polar surface area (TPSA) is 54.9 Å². The molecule has 1 fully saturated rings. The minimum absolute atomic E-state index is 0.0683. The first-order chi connectivity index (χ1) is 15.2. The standard InChI is InChI=1S/C24H27N3O3S/c1-2-30-20-9-10-21-22(18-20)31-24(25-21)27(13-12-26-14-16-29-17-15-26)23(28)11-8-19-6-4-3-5-7-19/h3-11,18H,2,12-17H2,1H3/b11-8+. The smallest absolute Gasteiger partial charge is 0.252 e. The summed E-state index contributed by atoms with van der Waals surface area (Å²) in [6, 6.07) is 15.7. The van der Waals surface area contributed by atoms with Crippen LogP contribution in [0.4, 0.5) is 5.13 Å². The van der Waals surface area contributed by atoms with Gasteiger partial charge in [-0.1, -0.05) is 41.7 Å². The monoisotopic (exact) mass is 437 g/mol. The van der Waals surface area contributed by atoms with Crippen LogP contribution in [0.25, 0.3) is 16.3 Å². The molecule has 0 N–H and O–H groups in total. The van der Waals surface area contributed by atoms with Crippen LogP contribution in [0.1, 0.15) is 12.5 Å². The van der Waals surface area contributed by atoms with Gasteiger partial charge in [-0.2, -0.15) is 0 Å². The number of benzene rings is 2. The van der Waals surface area contributed by atoms with Crippen LogP contribution in [0, 0.1) is 0 Å². The maximum atomic E-state index is 13.2. The molecule has 4 rings (SSSR count). The second kappa shape index (κ2) is 10.5. The van der Waals surface area contributed by atoms with Gasteiger partial charge in [0.1, 0.15) is 5.75 Å². The van der Waals surface area contributed by atoms with Gasteiger partial charge >= 0.3 is 0 Å². The van der Waals surface area contributed by atoms with Gasteiger partial charge in [0.25, 0.3) is 5.91 Å². The van der Waals surface area contributed by atoms with E-state index in [0.29, 0.717) is 18.3 Å². The van der Waals surface area contributed by atoms with E-state index in [9.17, 15) is 4.79 Å². The third kappa shape index (κ3) is 5.70. The summed E-state index contributed by atoms with van der Waals surface area (Å²) in [5.74, 6) is 0.751. The van der Waals surface area contributed by atoms with Crippen molar-refractivity contribution in [2.75, 3.05) is 50.9 Å². The SMILES string of the molecule is CCOc1ccc2nc(N(CCN3CCOCC3)C(=O)/C=C/c3ccccc3)sc2c1. The highest BCUT2D eigenvalue weighted by molar-refractivity contribution is 7.22. The first-order valence-electron chi connectivity index (χ1n) is 10.6. The third-order valence-corrected chi connectivity index (χ3v) is 6.16. The molecule has 1 saturated heterocycles. The van der Waals surface area contributed by atoms with E-state index in [1.165, 1.54) is 11.3 Å². The summed E-state index contributed by atoms with van der Waals surface area (Å²) in [6.45, 7) is 7.20. The van der Waals surface area contributed by atoms with Gasteiger partial charge in [-0.15, -0.1) is 0 Å². The Hall–Kier alpha value is -2.74. The molecule has 0 atom stereocenters. The fourth-order valence-electron chi connectivity index (χ4n) is 3.45. The van der Waals surface area contributed by atoms with Crippen molar-refractivity contribution in [1.82, 2.24) is 9.88 Å². The molecule has 0 bridgehead atoms. The van der Waals surface area contributed by atoms with Gasteiger partial charge in [0.15, 0.2) is 5.13 Å². The Morgan fingerprint density at radius 2 is 2.03 bits per heavy atom. The van der Waals surface area contributed by atoms with E-state index >= 15 is 0 Å². The molecule has 162 valence electrons. The molecular weight excluding hydrogens is 410 g/mol. The van der Waals surface area contributed by atoms with Crippen LogP contribution in [0.15, 0.2) is 54.6 Å². The molecule has 31 heavy (non-hydrogen) atoms. The lowest BCUT2D eigenvalue weighted by atomic mass is 10.2. The van der Waals surface area contributed by atoms with Crippen LogP contribution in [0.2, 0.25) is 0 Å². The van der Waals surface area contributed by atoms with Crippen molar-refractivity contribution >= 4 is 38.7 Å². The Balaban J connectivity index is 1.56. The van der Waals surface area contributed by atoms with Crippen LogP contribution in [-0.2, 0) is 9.53 Å². The number of hydrogen-bond acceptors (Lipinski definition) is 6. The van der Waals surface area contributed by atoms with Crippen molar-refractivity contribution in [3.05, 3.63) is 60.2 Å². The number of nitrogens with zero attached hydrogens (tertiary/aromatic N) is 3. The van der Waals surface area contributed by atoms with Gasteiger partial charge in [-0.05, 0) is 36.8 Å². The summed E-state index contributed by atoms with van der Waals surface area (Å²) < 4.78 is 12.1. The molecule has 0 unspecified atom stereocenters. The molecule has 0 saturated carbocycles. The van der Waals surface area contributed by atoms with Crippen LogP contribution in [0.5, 0.6) is 5.75 Å². The largest absolute Gasteiger partial charge is 0.494 e. The summed E-state index contributed by atoms with van der Waals surface area (Å²) in [6.07, 6.45) is 3.48. The molecule has 3 aromatic rings. The van der Waals surface area contributed by atoms with Gasteiger partial charge in [-0.3, -0.25) is 14.6 Å². The number of amides is 1. The molecule has 1 aromatic heterocycles. The zero-order chi connectivity index (χ0) is 21.5. The summed E-state index contributed by atoms with van der Waals surface area (Å²) in [5.41, 5.74) is 1.87. The van der Waals surface area contributed by atoms with Crippen molar-refractivity contribution < 1.29 is 14.3 Å². The normalized spacial score (nSPS) is 14.9. The summed E-state index contributed by atoms with van der Waals surface area (Å²) in [4.78, 5) is 22.0. The van der Waals surface area contributed by atoms with Gasteiger partial charge in [0.2, 0.25) is 0 Å². The van der Waals surface area contributed by atoms with E-state index < -0.39 is 0 Å². The van der Waals surface area contributed by atoms with Gasteiger partial charge in [0, 0.05) is 32.3 Å². The van der Waals surface area contributed by atoms with E-state index in [-0.39, 0.29) is 5.91 Å². The Bertz CT molecular complexity index is 1030. The minimum Gasteiger partial charge on any atom is -0.494 e. The van der Waals surface area contributed by atoms with Gasteiger partial charge in [0.05, 0.1) is 30.0 Å². The first kappa shape index (κ1) is 21.5. The second-order valence-electron chi connectivity index (χ2n) is 7.25. The molecule has 7 heteroatoms. The molecule has 0 radical (unpaired) electrons. The van der Waals surface area contributed by atoms with Crippen molar-refractivity contribution in [2.45, 2.75) is 6.92 Å². The van der Waals surface area contributed by atoms with E-state index in [0.717, 1.165) is 54.4 Å². The van der Waals surface area contributed by atoms with Gasteiger partial charge in [-0.25, -0.2) is 4.98 Å². The number of morpholine rings is 1. The molecule has 0 spiro atoms. The van der Waals surface area contributed by atoms with E-state index in [4.69, 9.17) is 14.5 Å². The molecule has 0 aliphatic carbocycles. The average molecular weight is 438 g/mol. The Morgan fingerprint density at radius 1 is 1.23 bits per heavy atom. The number of carbonyl (C=O) groups excluding carboxylic acids is 1. The highest BCUT2D eigenvalue weighted by Gasteiger charge is 2.20. The average Bonchev–Trinajstić information content (AvgIpc) is 3.22. The predicted molar refractivity (Wildman–Crippen MR) is 126 cm³/mol. The fourth-order valence-corrected chi connectivity index (χ4v) is 4.48. The Kier molecular flexibility index (Phi) is 7.30. The molecule has 2 heterocycles. The van der Waals surface area contributed by atoms with Crippen molar-refractivity contribution in [2.24, 2.45) is 0 Å². The Labute approximate surface area is 186 Å². The van der Waals surface area contributed by atoms with E-state index in [2.05, 4.69) is 4.90 Å². The van der Waals surface area contributed by atoms with Crippen molar-refractivity contribution in [3.8, 4) is 5.75 Å². The molecule has 6 nitrogen and oxygen atoms in total.